The zero-order valence-electron chi connectivity index (χ0n) is 11.4. The minimum absolute atomic E-state index is 0.00332. The minimum atomic E-state index is -1.33. The van der Waals surface area contributed by atoms with Gasteiger partial charge in [-0.25, -0.2) is 9.59 Å². The molecule has 2 rings (SSSR count). The average Bonchev–Trinajstić information content (AvgIpc) is 2.78. The van der Waals surface area contributed by atoms with Crippen LogP contribution in [-0.4, -0.2) is 70.4 Å². The van der Waals surface area contributed by atoms with Crippen LogP contribution in [0.4, 0.5) is 4.79 Å². The first-order valence-corrected chi connectivity index (χ1v) is 6.74. The highest BCUT2D eigenvalue weighted by Crippen LogP contribution is 2.22. The molecule has 2 heterocycles. The fourth-order valence-electron chi connectivity index (χ4n) is 2.69. The van der Waals surface area contributed by atoms with Gasteiger partial charge in [0.15, 0.2) is 0 Å². The molecular formula is C12H18N4O5. The Morgan fingerprint density at radius 1 is 1.38 bits per heavy atom. The van der Waals surface area contributed by atoms with Crippen molar-refractivity contribution in [3.63, 3.8) is 0 Å². The second kappa shape index (κ2) is 5.98. The van der Waals surface area contributed by atoms with Crippen molar-refractivity contribution < 1.29 is 24.3 Å². The summed E-state index contributed by atoms with van der Waals surface area (Å²) in [4.78, 5) is 48.6. The van der Waals surface area contributed by atoms with Gasteiger partial charge >= 0.3 is 12.0 Å². The van der Waals surface area contributed by atoms with Gasteiger partial charge in [-0.2, -0.15) is 0 Å². The van der Waals surface area contributed by atoms with Crippen LogP contribution >= 0.6 is 0 Å². The molecule has 9 nitrogen and oxygen atoms in total. The van der Waals surface area contributed by atoms with Crippen molar-refractivity contribution in [2.24, 2.45) is 5.73 Å². The second-order valence-corrected chi connectivity index (χ2v) is 5.24. The Balaban J connectivity index is 1.92. The van der Waals surface area contributed by atoms with Crippen LogP contribution in [-0.2, 0) is 14.4 Å². The zero-order chi connectivity index (χ0) is 15.6. The summed E-state index contributed by atoms with van der Waals surface area (Å²) >= 11 is 0. The number of rotatable bonds is 4. The van der Waals surface area contributed by atoms with E-state index in [1.807, 2.05) is 0 Å². The maximum atomic E-state index is 12.1. The van der Waals surface area contributed by atoms with E-state index >= 15 is 0 Å². The summed E-state index contributed by atoms with van der Waals surface area (Å²) in [5.74, 6) is -2.01. The van der Waals surface area contributed by atoms with Gasteiger partial charge in [0.05, 0.1) is 6.42 Å². The van der Waals surface area contributed by atoms with Crippen LogP contribution in [0, 0.1) is 0 Å². The number of nitrogens with one attached hydrogen (secondary N) is 1. The minimum Gasteiger partial charge on any atom is -0.480 e. The summed E-state index contributed by atoms with van der Waals surface area (Å²) in [7, 11) is 0. The molecule has 0 bridgehead atoms. The number of piperazine rings is 1. The lowest BCUT2D eigenvalue weighted by atomic mass is 10.1. The summed E-state index contributed by atoms with van der Waals surface area (Å²) in [5.41, 5.74) is 4.96. The predicted octanol–water partition coefficient (Wildman–Crippen LogP) is -1.67. The van der Waals surface area contributed by atoms with Gasteiger partial charge in [0.1, 0.15) is 6.04 Å². The van der Waals surface area contributed by atoms with Crippen LogP contribution in [0.3, 0.4) is 0 Å². The molecular weight excluding hydrogens is 280 g/mol. The van der Waals surface area contributed by atoms with Gasteiger partial charge in [0.2, 0.25) is 11.8 Å². The standard InChI is InChI=1S/C12H18N4O5/c13-9(17)5-8(11(19)20)14-12(21)15-3-4-16-7(6-15)1-2-10(16)18/h7-8H,1-6H2,(H2,13,17)(H,14,21)(H,19,20)/t7?,8-/m0/s1. The van der Waals surface area contributed by atoms with E-state index in [0.717, 1.165) is 0 Å². The first kappa shape index (κ1) is 15.1. The first-order chi connectivity index (χ1) is 9.88. The van der Waals surface area contributed by atoms with E-state index in [9.17, 15) is 19.2 Å². The fourth-order valence-corrected chi connectivity index (χ4v) is 2.69. The van der Waals surface area contributed by atoms with Crippen LogP contribution in [0.15, 0.2) is 0 Å². The molecule has 2 fully saturated rings. The quantitative estimate of drug-likeness (QED) is 0.571. The van der Waals surface area contributed by atoms with Crippen LogP contribution in [0.25, 0.3) is 0 Å². The maximum Gasteiger partial charge on any atom is 0.326 e. The van der Waals surface area contributed by atoms with Gasteiger partial charge in [-0.05, 0) is 6.42 Å². The number of carbonyl (C=O) groups excluding carboxylic acids is 3. The van der Waals surface area contributed by atoms with E-state index in [0.29, 0.717) is 32.5 Å². The van der Waals surface area contributed by atoms with Gasteiger partial charge in [0, 0.05) is 32.1 Å². The molecule has 2 aliphatic rings. The molecule has 2 atom stereocenters. The molecule has 1 unspecified atom stereocenters. The summed E-state index contributed by atoms with van der Waals surface area (Å²) in [6, 6.07) is -1.89. The Labute approximate surface area is 121 Å². The Morgan fingerprint density at radius 2 is 2.10 bits per heavy atom. The number of aliphatic carboxylic acids is 1. The van der Waals surface area contributed by atoms with Gasteiger partial charge in [0.25, 0.3) is 0 Å². The Bertz CT molecular complexity index is 480. The molecule has 4 amide bonds. The van der Waals surface area contributed by atoms with E-state index in [2.05, 4.69) is 5.32 Å². The lowest BCUT2D eigenvalue weighted by molar-refractivity contribution is -0.141. The number of amides is 4. The van der Waals surface area contributed by atoms with Crippen LogP contribution in [0.5, 0.6) is 0 Å². The first-order valence-electron chi connectivity index (χ1n) is 6.74. The Kier molecular flexibility index (Phi) is 4.29. The molecule has 9 heteroatoms. The lowest BCUT2D eigenvalue weighted by Crippen LogP contribution is -2.57. The molecule has 116 valence electrons. The van der Waals surface area contributed by atoms with E-state index in [1.165, 1.54) is 4.90 Å². The topological polar surface area (TPSA) is 133 Å². The van der Waals surface area contributed by atoms with Crippen molar-refractivity contribution in [2.75, 3.05) is 19.6 Å². The fraction of sp³-hybridized carbons (Fsp3) is 0.667. The second-order valence-electron chi connectivity index (χ2n) is 5.24. The third-order valence-corrected chi connectivity index (χ3v) is 3.78. The molecule has 4 N–H and O–H groups in total. The number of fused-ring (bicyclic) bond motifs is 1. The van der Waals surface area contributed by atoms with Gasteiger partial charge in [-0.15, -0.1) is 0 Å². The molecule has 0 aromatic heterocycles. The Hall–Kier alpha value is -2.32. The van der Waals surface area contributed by atoms with E-state index in [-0.39, 0.29) is 11.9 Å². The molecule has 0 saturated carbocycles. The highest BCUT2D eigenvalue weighted by Gasteiger charge is 2.37. The number of hydrogen-bond acceptors (Lipinski definition) is 4. The highest BCUT2D eigenvalue weighted by molar-refractivity contribution is 5.87. The van der Waals surface area contributed by atoms with Crippen molar-refractivity contribution in [1.82, 2.24) is 15.1 Å². The number of hydrogen-bond donors (Lipinski definition) is 3. The van der Waals surface area contributed by atoms with E-state index < -0.39 is 30.4 Å². The number of carboxylic acids is 1. The maximum absolute atomic E-state index is 12.1. The monoisotopic (exact) mass is 298 g/mol. The van der Waals surface area contributed by atoms with Crippen molar-refractivity contribution in [3.8, 4) is 0 Å². The van der Waals surface area contributed by atoms with Crippen LogP contribution in [0.1, 0.15) is 19.3 Å². The Morgan fingerprint density at radius 3 is 2.71 bits per heavy atom. The lowest BCUT2D eigenvalue weighted by Gasteiger charge is -2.37. The molecule has 0 aromatic rings. The highest BCUT2D eigenvalue weighted by atomic mass is 16.4. The average molecular weight is 298 g/mol. The largest absolute Gasteiger partial charge is 0.480 e. The smallest absolute Gasteiger partial charge is 0.326 e. The summed E-state index contributed by atoms with van der Waals surface area (Å²) < 4.78 is 0. The van der Waals surface area contributed by atoms with Crippen LogP contribution < -0.4 is 11.1 Å². The van der Waals surface area contributed by atoms with Gasteiger partial charge in [-0.1, -0.05) is 0 Å². The normalized spacial score (nSPS) is 22.7. The van der Waals surface area contributed by atoms with Crippen molar-refractivity contribution in [1.29, 1.82) is 0 Å². The molecule has 0 aliphatic carbocycles. The SMILES string of the molecule is NC(=O)C[C@H](NC(=O)N1CCN2C(=O)CCC2C1)C(=O)O. The zero-order valence-corrected chi connectivity index (χ0v) is 11.4. The number of nitrogens with two attached hydrogens (primary N) is 1. The molecule has 0 radical (unpaired) electrons. The number of urea groups is 1. The third-order valence-electron chi connectivity index (χ3n) is 3.78. The third kappa shape index (κ3) is 3.41. The number of carbonyl (C=O) groups is 4. The number of nitrogens with zero attached hydrogens (tertiary/aromatic N) is 2. The molecule has 21 heavy (non-hydrogen) atoms. The van der Waals surface area contributed by atoms with Gasteiger partial charge < -0.3 is 26.0 Å². The summed E-state index contributed by atoms with van der Waals surface area (Å²) in [6.45, 7) is 1.17. The summed E-state index contributed by atoms with van der Waals surface area (Å²) in [6.07, 6.45) is 0.731. The van der Waals surface area contributed by atoms with E-state index in [4.69, 9.17) is 10.8 Å². The van der Waals surface area contributed by atoms with Crippen molar-refractivity contribution >= 4 is 23.8 Å². The number of carboxylic acid groups (broad SMARTS) is 1. The number of primary amides is 1. The van der Waals surface area contributed by atoms with Crippen LogP contribution in [0.2, 0.25) is 0 Å². The van der Waals surface area contributed by atoms with E-state index in [1.54, 1.807) is 4.90 Å². The molecule has 0 spiro atoms. The van der Waals surface area contributed by atoms with Gasteiger partial charge in [-0.3, -0.25) is 9.59 Å². The predicted molar refractivity (Wildman–Crippen MR) is 70.1 cm³/mol. The molecule has 2 aliphatic heterocycles. The molecule has 0 aromatic carbocycles. The van der Waals surface area contributed by atoms with Crippen molar-refractivity contribution in [2.45, 2.75) is 31.3 Å². The molecule has 2 saturated heterocycles. The summed E-state index contributed by atoms with van der Waals surface area (Å²) in [5, 5.41) is 11.3. The van der Waals surface area contributed by atoms with Crippen molar-refractivity contribution in [3.05, 3.63) is 0 Å².